The summed E-state index contributed by atoms with van der Waals surface area (Å²) >= 11 is 0. The molecule has 2 aromatic carbocycles. The lowest BCUT2D eigenvalue weighted by Crippen LogP contribution is -2.37. The first kappa shape index (κ1) is 17.3. The molecule has 0 spiro atoms. The first-order valence-corrected chi connectivity index (χ1v) is 8.67. The zero-order valence-electron chi connectivity index (χ0n) is 14.8. The fourth-order valence-electron chi connectivity index (χ4n) is 3.12. The van der Waals surface area contributed by atoms with Gasteiger partial charge in [0.15, 0.2) is 0 Å². The van der Waals surface area contributed by atoms with Crippen LogP contribution in [0.4, 0.5) is 17.1 Å². The van der Waals surface area contributed by atoms with E-state index in [9.17, 15) is 4.79 Å². The monoisotopic (exact) mass is 339 g/mol. The van der Waals surface area contributed by atoms with Crippen molar-refractivity contribution in [2.24, 2.45) is 0 Å². The fraction of sp³-hybridized carbons (Fsp3) is 0.350. The summed E-state index contributed by atoms with van der Waals surface area (Å²) in [5, 5.41) is 6.29. The number of anilines is 3. The SMILES string of the molecule is Cc1cccc(C)c1NCC(=O)Nc1ccccc1N1CCOCC1. The molecular weight excluding hydrogens is 314 g/mol. The third-order valence-electron chi connectivity index (χ3n) is 4.44. The molecule has 2 N–H and O–H groups in total. The molecule has 0 aliphatic carbocycles. The van der Waals surface area contributed by atoms with Crippen molar-refractivity contribution in [1.29, 1.82) is 0 Å². The number of morpholine rings is 1. The summed E-state index contributed by atoms with van der Waals surface area (Å²) in [4.78, 5) is 14.7. The quantitative estimate of drug-likeness (QED) is 0.878. The van der Waals surface area contributed by atoms with Gasteiger partial charge in [-0.25, -0.2) is 0 Å². The maximum Gasteiger partial charge on any atom is 0.243 e. The molecule has 2 aromatic rings. The van der Waals surface area contributed by atoms with E-state index in [2.05, 4.69) is 15.5 Å². The van der Waals surface area contributed by atoms with E-state index in [1.165, 1.54) is 0 Å². The highest BCUT2D eigenvalue weighted by molar-refractivity contribution is 5.97. The molecule has 1 aliphatic heterocycles. The van der Waals surface area contributed by atoms with E-state index in [0.29, 0.717) is 0 Å². The number of aryl methyl sites for hydroxylation is 2. The number of nitrogens with one attached hydrogen (secondary N) is 2. The molecule has 1 saturated heterocycles. The van der Waals surface area contributed by atoms with Crippen LogP contribution in [0.5, 0.6) is 0 Å². The predicted molar refractivity (Wildman–Crippen MR) is 103 cm³/mol. The van der Waals surface area contributed by atoms with Gasteiger partial charge in [-0.15, -0.1) is 0 Å². The van der Waals surface area contributed by atoms with Crippen molar-refractivity contribution < 1.29 is 9.53 Å². The first-order chi connectivity index (χ1) is 12.1. The van der Waals surface area contributed by atoms with Crippen molar-refractivity contribution in [1.82, 2.24) is 0 Å². The molecule has 1 aliphatic rings. The van der Waals surface area contributed by atoms with Crippen LogP contribution in [-0.4, -0.2) is 38.8 Å². The zero-order chi connectivity index (χ0) is 17.6. The Bertz CT molecular complexity index is 719. The standard InChI is InChI=1S/C20H25N3O2/c1-15-6-5-7-16(2)20(15)21-14-19(24)22-17-8-3-4-9-18(17)23-10-12-25-13-11-23/h3-9,21H,10-14H2,1-2H3,(H,22,24). The average molecular weight is 339 g/mol. The van der Waals surface area contributed by atoms with Crippen molar-refractivity contribution >= 4 is 23.0 Å². The third kappa shape index (κ3) is 4.31. The first-order valence-electron chi connectivity index (χ1n) is 8.67. The molecule has 132 valence electrons. The number of benzene rings is 2. The number of hydrogen-bond donors (Lipinski definition) is 2. The van der Waals surface area contributed by atoms with Gasteiger partial charge in [-0.2, -0.15) is 0 Å². The van der Waals surface area contributed by atoms with Crippen LogP contribution in [0.25, 0.3) is 0 Å². The molecule has 1 amide bonds. The normalized spacial score (nSPS) is 14.2. The topological polar surface area (TPSA) is 53.6 Å². The Morgan fingerprint density at radius 1 is 1.04 bits per heavy atom. The van der Waals surface area contributed by atoms with E-state index in [0.717, 1.165) is 54.5 Å². The van der Waals surface area contributed by atoms with Crippen molar-refractivity contribution in [3.05, 3.63) is 53.6 Å². The summed E-state index contributed by atoms with van der Waals surface area (Å²) < 4.78 is 5.41. The van der Waals surface area contributed by atoms with Gasteiger partial charge in [0.05, 0.1) is 31.1 Å². The molecule has 5 heteroatoms. The van der Waals surface area contributed by atoms with Crippen LogP contribution in [-0.2, 0) is 9.53 Å². The Morgan fingerprint density at radius 2 is 1.72 bits per heavy atom. The molecule has 0 bridgehead atoms. The van der Waals surface area contributed by atoms with Crippen molar-refractivity contribution in [2.45, 2.75) is 13.8 Å². The average Bonchev–Trinajstić information content (AvgIpc) is 2.62. The Morgan fingerprint density at radius 3 is 2.44 bits per heavy atom. The lowest BCUT2D eigenvalue weighted by atomic mass is 10.1. The summed E-state index contributed by atoms with van der Waals surface area (Å²) in [5.74, 6) is -0.0524. The smallest absolute Gasteiger partial charge is 0.243 e. The highest BCUT2D eigenvalue weighted by atomic mass is 16.5. The summed E-state index contributed by atoms with van der Waals surface area (Å²) in [5.41, 5.74) is 5.20. The van der Waals surface area contributed by atoms with Gasteiger partial charge in [0.25, 0.3) is 0 Å². The van der Waals surface area contributed by atoms with Gasteiger partial charge in [0, 0.05) is 18.8 Å². The maximum absolute atomic E-state index is 12.4. The minimum Gasteiger partial charge on any atom is -0.378 e. The van der Waals surface area contributed by atoms with Gasteiger partial charge in [-0.05, 0) is 37.1 Å². The van der Waals surface area contributed by atoms with Crippen LogP contribution in [0.15, 0.2) is 42.5 Å². The largest absolute Gasteiger partial charge is 0.378 e. The van der Waals surface area contributed by atoms with Gasteiger partial charge in [-0.1, -0.05) is 30.3 Å². The minimum atomic E-state index is -0.0524. The van der Waals surface area contributed by atoms with Crippen LogP contribution >= 0.6 is 0 Å². The molecule has 0 unspecified atom stereocenters. The molecular formula is C20H25N3O2. The molecule has 0 aromatic heterocycles. The van der Waals surface area contributed by atoms with Gasteiger partial charge < -0.3 is 20.3 Å². The van der Waals surface area contributed by atoms with Crippen molar-refractivity contribution in [3.8, 4) is 0 Å². The van der Waals surface area contributed by atoms with Crippen molar-refractivity contribution in [2.75, 3.05) is 48.4 Å². The molecule has 0 saturated carbocycles. The summed E-state index contributed by atoms with van der Waals surface area (Å²) in [6.45, 7) is 7.44. The van der Waals surface area contributed by atoms with Crippen LogP contribution < -0.4 is 15.5 Å². The number of hydrogen-bond acceptors (Lipinski definition) is 4. The van der Waals surface area contributed by atoms with E-state index in [1.807, 2.05) is 56.3 Å². The lowest BCUT2D eigenvalue weighted by Gasteiger charge is -2.30. The van der Waals surface area contributed by atoms with Crippen LogP contribution in [0.3, 0.4) is 0 Å². The molecule has 3 rings (SSSR count). The number of nitrogens with zero attached hydrogens (tertiary/aromatic N) is 1. The highest BCUT2D eigenvalue weighted by Gasteiger charge is 2.15. The van der Waals surface area contributed by atoms with E-state index < -0.39 is 0 Å². The molecule has 0 atom stereocenters. The van der Waals surface area contributed by atoms with E-state index >= 15 is 0 Å². The third-order valence-corrected chi connectivity index (χ3v) is 4.44. The van der Waals surface area contributed by atoms with Crippen molar-refractivity contribution in [3.63, 3.8) is 0 Å². The molecule has 5 nitrogen and oxygen atoms in total. The number of carbonyl (C=O) groups is 1. The number of para-hydroxylation sites is 3. The summed E-state index contributed by atoms with van der Waals surface area (Å²) in [6, 6.07) is 14.0. The molecule has 1 heterocycles. The number of amides is 1. The lowest BCUT2D eigenvalue weighted by molar-refractivity contribution is -0.114. The molecule has 1 fully saturated rings. The second-order valence-corrected chi connectivity index (χ2v) is 6.29. The Balaban J connectivity index is 1.65. The van der Waals surface area contributed by atoms with E-state index in [1.54, 1.807) is 0 Å². The Hall–Kier alpha value is -2.53. The zero-order valence-corrected chi connectivity index (χ0v) is 14.8. The maximum atomic E-state index is 12.4. The van der Waals surface area contributed by atoms with Gasteiger partial charge in [0.2, 0.25) is 5.91 Å². The fourth-order valence-corrected chi connectivity index (χ4v) is 3.12. The van der Waals surface area contributed by atoms with Crippen LogP contribution in [0.2, 0.25) is 0 Å². The van der Waals surface area contributed by atoms with Gasteiger partial charge in [0.1, 0.15) is 0 Å². The second kappa shape index (κ2) is 8.03. The van der Waals surface area contributed by atoms with Gasteiger partial charge >= 0.3 is 0 Å². The summed E-state index contributed by atoms with van der Waals surface area (Å²) in [7, 11) is 0. The highest BCUT2D eigenvalue weighted by Crippen LogP contribution is 2.26. The van der Waals surface area contributed by atoms with Gasteiger partial charge in [-0.3, -0.25) is 4.79 Å². The van der Waals surface area contributed by atoms with E-state index in [-0.39, 0.29) is 12.5 Å². The molecule has 0 radical (unpaired) electrons. The van der Waals surface area contributed by atoms with E-state index in [4.69, 9.17) is 4.74 Å². The van der Waals surface area contributed by atoms with Crippen LogP contribution in [0.1, 0.15) is 11.1 Å². The Kier molecular flexibility index (Phi) is 5.56. The number of carbonyl (C=O) groups excluding carboxylic acids is 1. The number of ether oxygens (including phenoxy) is 1. The number of rotatable bonds is 5. The Labute approximate surface area is 149 Å². The predicted octanol–water partition coefficient (Wildman–Crippen LogP) is 3.19. The molecule has 25 heavy (non-hydrogen) atoms. The second-order valence-electron chi connectivity index (χ2n) is 6.29. The minimum absolute atomic E-state index is 0.0524. The summed E-state index contributed by atoms with van der Waals surface area (Å²) in [6.07, 6.45) is 0. The van der Waals surface area contributed by atoms with Crippen LogP contribution in [0, 0.1) is 13.8 Å².